The van der Waals surface area contributed by atoms with Gasteiger partial charge in [-0.15, -0.1) is 0 Å². The molecule has 3 rings (SSSR count). The molecule has 0 unspecified atom stereocenters. The van der Waals surface area contributed by atoms with Crippen LogP contribution in [0, 0.1) is 6.92 Å². The number of hydrogen-bond donors (Lipinski definition) is 2. The van der Waals surface area contributed by atoms with Gasteiger partial charge in [-0.05, 0) is 55.8 Å². The van der Waals surface area contributed by atoms with Crippen LogP contribution in [0.25, 0.3) is 0 Å². The Hall–Kier alpha value is -2.57. The predicted molar refractivity (Wildman–Crippen MR) is 119 cm³/mol. The zero-order valence-corrected chi connectivity index (χ0v) is 17.8. The molecule has 7 heteroatoms. The number of piperazine rings is 1. The topological polar surface area (TPSA) is 64.7 Å². The molecule has 0 bridgehead atoms. The van der Waals surface area contributed by atoms with Gasteiger partial charge in [-0.3, -0.25) is 14.5 Å². The van der Waals surface area contributed by atoms with E-state index < -0.39 is 0 Å². The van der Waals surface area contributed by atoms with Crippen LogP contribution >= 0.6 is 11.6 Å². The van der Waals surface area contributed by atoms with Crippen LogP contribution in [0.5, 0.6) is 0 Å². The number of hydrogen-bond acceptors (Lipinski definition) is 4. The van der Waals surface area contributed by atoms with Gasteiger partial charge < -0.3 is 15.5 Å². The highest BCUT2D eigenvalue weighted by molar-refractivity contribution is 6.30. The number of nitrogens with one attached hydrogen (secondary N) is 2. The van der Waals surface area contributed by atoms with Crippen LogP contribution in [0.15, 0.2) is 42.5 Å². The molecule has 2 amide bonds. The van der Waals surface area contributed by atoms with Gasteiger partial charge in [0, 0.05) is 55.2 Å². The first-order valence-electron chi connectivity index (χ1n) is 9.77. The Balaban J connectivity index is 1.54. The molecule has 1 atom stereocenters. The Labute approximate surface area is 176 Å². The summed E-state index contributed by atoms with van der Waals surface area (Å²) in [5.41, 5.74) is 3.78. The highest BCUT2D eigenvalue weighted by atomic mass is 35.5. The average Bonchev–Trinajstić information content (AvgIpc) is 2.70. The van der Waals surface area contributed by atoms with Gasteiger partial charge in [-0.25, -0.2) is 0 Å². The quantitative estimate of drug-likeness (QED) is 0.781. The molecule has 1 aliphatic heterocycles. The minimum Gasteiger partial charge on any atom is -0.369 e. The Kier molecular flexibility index (Phi) is 6.77. The second kappa shape index (κ2) is 9.29. The molecule has 0 spiro atoms. The summed E-state index contributed by atoms with van der Waals surface area (Å²) in [5.74, 6) is -0.160. The maximum Gasteiger partial charge on any atom is 0.241 e. The standard InChI is InChI=1S/C22H27ClN4O2/c1-15-4-5-18(23)14-21(15)27-12-10-26(11-13-27)16(2)22(29)25-20-8-6-19(7-9-20)24-17(3)28/h4-9,14,16H,10-13H2,1-3H3,(H,24,28)(H,25,29)/t16-/m1/s1. The maximum absolute atomic E-state index is 12.7. The van der Waals surface area contributed by atoms with Crippen LogP contribution in [0.2, 0.25) is 5.02 Å². The van der Waals surface area contributed by atoms with Crippen LogP contribution in [0.3, 0.4) is 0 Å². The van der Waals surface area contributed by atoms with Crippen molar-refractivity contribution < 1.29 is 9.59 Å². The van der Waals surface area contributed by atoms with E-state index in [0.29, 0.717) is 11.4 Å². The molecule has 0 radical (unpaired) electrons. The first-order chi connectivity index (χ1) is 13.8. The average molecular weight is 415 g/mol. The highest BCUT2D eigenvalue weighted by Gasteiger charge is 2.26. The lowest BCUT2D eigenvalue weighted by Gasteiger charge is -2.39. The lowest BCUT2D eigenvalue weighted by atomic mass is 10.1. The number of nitrogens with zero attached hydrogens (tertiary/aromatic N) is 2. The van der Waals surface area contributed by atoms with Crippen molar-refractivity contribution in [2.75, 3.05) is 41.7 Å². The van der Waals surface area contributed by atoms with Gasteiger partial charge in [0.05, 0.1) is 6.04 Å². The third-order valence-electron chi connectivity index (χ3n) is 5.23. The van der Waals surface area contributed by atoms with Crippen LogP contribution < -0.4 is 15.5 Å². The summed E-state index contributed by atoms with van der Waals surface area (Å²) in [6.07, 6.45) is 0. The fourth-order valence-corrected chi connectivity index (χ4v) is 3.69. The van der Waals surface area contributed by atoms with E-state index in [9.17, 15) is 9.59 Å². The Morgan fingerprint density at radius 3 is 2.14 bits per heavy atom. The molecule has 1 aliphatic rings. The van der Waals surface area contributed by atoms with Crippen molar-refractivity contribution in [2.24, 2.45) is 0 Å². The summed E-state index contributed by atoms with van der Waals surface area (Å²) < 4.78 is 0. The van der Waals surface area contributed by atoms with E-state index in [1.54, 1.807) is 24.3 Å². The smallest absolute Gasteiger partial charge is 0.241 e. The molecule has 1 saturated heterocycles. The van der Waals surface area contributed by atoms with Gasteiger partial charge in [0.25, 0.3) is 0 Å². The fraction of sp³-hybridized carbons (Fsp3) is 0.364. The van der Waals surface area contributed by atoms with Gasteiger partial charge in [0.15, 0.2) is 0 Å². The van der Waals surface area contributed by atoms with Gasteiger partial charge in [0.2, 0.25) is 11.8 Å². The van der Waals surface area contributed by atoms with E-state index in [-0.39, 0.29) is 17.9 Å². The molecule has 154 valence electrons. The van der Waals surface area contributed by atoms with Gasteiger partial charge in [-0.1, -0.05) is 17.7 Å². The molecule has 1 heterocycles. The first-order valence-corrected chi connectivity index (χ1v) is 10.1. The van der Waals surface area contributed by atoms with Gasteiger partial charge in [-0.2, -0.15) is 0 Å². The molecular formula is C22H27ClN4O2. The molecule has 0 aliphatic carbocycles. The Morgan fingerprint density at radius 2 is 1.55 bits per heavy atom. The van der Waals surface area contributed by atoms with E-state index in [1.807, 2.05) is 25.1 Å². The van der Waals surface area contributed by atoms with Crippen LogP contribution in [0.4, 0.5) is 17.1 Å². The van der Waals surface area contributed by atoms with E-state index >= 15 is 0 Å². The van der Waals surface area contributed by atoms with Crippen LogP contribution in [0.1, 0.15) is 19.4 Å². The van der Waals surface area contributed by atoms with Gasteiger partial charge >= 0.3 is 0 Å². The summed E-state index contributed by atoms with van der Waals surface area (Å²) in [6, 6.07) is 12.8. The zero-order valence-electron chi connectivity index (χ0n) is 17.0. The third kappa shape index (κ3) is 5.49. The number of aryl methyl sites for hydroxylation is 1. The number of carbonyl (C=O) groups is 2. The van der Waals surface area contributed by atoms with Crippen molar-refractivity contribution >= 4 is 40.5 Å². The molecule has 1 fully saturated rings. The van der Waals surface area contributed by atoms with Crippen molar-refractivity contribution in [1.29, 1.82) is 0 Å². The predicted octanol–water partition coefficient (Wildman–Crippen LogP) is 3.76. The summed E-state index contributed by atoms with van der Waals surface area (Å²) >= 11 is 6.16. The lowest BCUT2D eigenvalue weighted by Crippen LogP contribution is -2.53. The third-order valence-corrected chi connectivity index (χ3v) is 5.46. The summed E-state index contributed by atoms with van der Waals surface area (Å²) in [4.78, 5) is 28.3. The van der Waals surface area contributed by atoms with Crippen LogP contribution in [-0.4, -0.2) is 48.9 Å². The fourth-order valence-electron chi connectivity index (χ4n) is 3.53. The summed E-state index contributed by atoms with van der Waals surface area (Å²) in [5, 5.41) is 6.41. The largest absolute Gasteiger partial charge is 0.369 e. The first kappa shape index (κ1) is 21.1. The second-order valence-corrected chi connectivity index (χ2v) is 7.81. The lowest BCUT2D eigenvalue weighted by molar-refractivity contribution is -0.121. The number of halogens is 1. The zero-order chi connectivity index (χ0) is 21.0. The monoisotopic (exact) mass is 414 g/mol. The molecule has 0 saturated carbocycles. The molecule has 2 aromatic rings. The number of anilines is 3. The van der Waals surface area contributed by atoms with E-state index in [2.05, 4.69) is 27.4 Å². The van der Waals surface area contributed by atoms with Crippen molar-refractivity contribution in [2.45, 2.75) is 26.8 Å². The van der Waals surface area contributed by atoms with Crippen molar-refractivity contribution in [3.8, 4) is 0 Å². The number of rotatable bonds is 5. The number of benzene rings is 2. The summed E-state index contributed by atoms with van der Waals surface area (Å²) in [7, 11) is 0. The Morgan fingerprint density at radius 1 is 0.966 bits per heavy atom. The molecular weight excluding hydrogens is 388 g/mol. The Bertz CT molecular complexity index is 877. The van der Waals surface area contributed by atoms with Crippen LogP contribution in [-0.2, 0) is 9.59 Å². The van der Waals surface area contributed by atoms with E-state index in [1.165, 1.54) is 12.5 Å². The molecule has 6 nitrogen and oxygen atoms in total. The highest BCUT2D eigenvalue weighted by Crippen LogP contribution is 2.25. The molecule has 2 aromatic carbocycles. The van der Waals surface area contributed by atoms with Crippen molar-refractivity contribution in [3.63, 3.8) is 0 Å². The number of carbonyl (C=O) groups excluding carboxylic acids is 2. The normalized spacial score (nSPS) is 15.7. The minimum absolute atomic E-state index is 0.0373. The minimum atomic E-state index is -0.229. The second-order valence-electron chi connectivity index (χ2n) is 7.38. The van der Waals surface area contributed by atoms with E-state index in [0.717, 1.165) is 36.9 Å². The SMILES string of the molecule is CC(=O)Nc1ccc(NC(=O)[C@@H](C)N2CCN(c3cc(Cl)ccc3C)CC2)cc1. The van der Waals surface area contributed by atoms with Crippen molar-refractivity contribution in [1.82, 2.24) is 4.90 Å². The molecule has 0 aromatic heterocycles. The maximum atomic E-state index is 12.7. The molecule has 29 heavy (non-hydrogen) atoms. The van der Waals surface area contributed by atoms with E-state index in [4.69, 9.17) is 11.6 Å². The molecule has 2 N–H and O–H groups in total. The van der Waals surface area contributed by atoms with Crippen molar-refractivity contribution in [3.05, 3.63) is 53.1 Å². The summed E-state index contributed by atoms with van der Waals surface area (Å²) in [6.45, 7) is 8.80. The van der Waals surface area contributed by atoms with Gasteiger partial charge in [0.1, 0.15) is 0 Å². The number of amides is 2.